The number of para-hydroxylation sites is 1. The Labute approximate surface area is 352 Å². The summed E-state index contributed by atoms with van der Waals surface area (Å²) in [6, 6.07) is 18.4. The van der Waals surface area contributed by atoms with E-state index in [1.54, 1.807) is 18.7 Å². The van der Waals surface area contributed by atoms with Gasteiger partial charge in [0.15, 0.2) is 0 Å². The van der Waals surface area contributed by atoms with Gasteiger partial charge in [-0.05, 0) is 137 Å². The highest BCUT2D eigenvalue weighted by atomic mass is 19.1. The second kappa shape index (κ2) is 15.6. The zero-order valence-electron chi connectivity index (χ0n) is 35.2. The molecule has 11 nitrogen and oxygen atoms in total. The van der Waals surface area contributed by atoms with E-state index < -0.39 is 11.7 Å². The predicted octanol–water partition coefficient (Wildman–Crippen LogP) is 6.62. The summed E-state index contributed by atoms with van der Waals surface area (Å²) < 4.78 is 15.1. The van der Waals surface area contributed by atoms with Crippen molar-refractivity contribution >= 4 is 40.0 Å². The van der Waals surface area contributed by atoms with E-state index in [9.17, 15) is 14.4 Å². The molecule has 6 aliphatic heterocycles. The Balaban J connectivity index is 0.701. The van der Waals surface area contributed by atoms with Crippen LogP contribution in [-0.2, 0) is 22.6 Å². The number of nitrogens with zero attached hydrogens (tertiary/aromatic N) is 6. The van der Waals surface area contributed by atoms with E-state index in [0.29, 0.717) is 36.4 Å². The van der Waals surface area contributed by atoms with Crippen LogP contribution in [-0.4, -0.2) is 113 Å². The van der Waals surface area contributed by atoms with Crippen molar-refractivity contribution in [2.24, 2.45) is 11.3 Å². The van der Waals surface area contributed by atoms with Crippen molar-refractivity contribution in [1.82, 2.24) is 30.0 Å². The van der Waals surface area contributed by atoms with Gasteiger partial charge in [-0.2, -0.15) is 0 Å². The number of aromatic nitrogens is 2. The number of likely N-dealkylation sites (tertiary alicyclic amines) is 1. The number of carbonyl (C=O) groups is 3. The third-order valence-corrected chi connectivity index (χ3v) is 14.9. The molecule has 4 aromatic rings. The highest BCUT2D eigenvalue weighted by molar-refractivity contribution is 6.05. The number of piperidine rings is 4. The number of alkyl halides is 1. The Morgan fingerprint density at radius 1 is 0.833 bits per heavy atom. The van der Waals surface area contributed by atoms with Gasteiger partial charge in [-0.1, -0.05) is 18.2 Å². The molecule has 0 aliphatic carbocycles. The molecule has 12 heteroatoms. The molecular formula is C48H59FN8O3. The maximum absolute atomic E-state index is 15.1. The van der Waals surface area contributed by atoms with E-state index in [0.717, 1.165) is 67.3 Å². The molecule has 2 atom stereocenters. The third-order valence-electron chi connectivity index (χ3n) is 14.9. The molecule has 60 heavy (non-hydrogen) atoms. The van der Waals surface area contributed by atoms with Crippen molar-refractivity contribution in [3.63, 3.8) is 0 Å². The molecule has 2 aromatic carbocycles. The van der Waals surface area contributed by atoms with Crippen LogP contribution in [0.1, 0.15) is 104 Å². The standard InChI is InChI=1S/C48H59FN8O3/c1-47(2,49)31-56-22-15-38-37-5-3-4-6-39(37)51-43(38)44(56)40-10-8-35(28-50-40)54-20-13-32(14-21-54)29-53-23-16-48(17-24-53)18-25-55(26-19-48)34-7-9-36-33(27-34)30-57(46(36)60)41-11-12-42(58)52-45(41)59/h3-10,27-28,32,41,44,51H,11-26,29-31H2,1-2H3,(H,52,58,59)/t41?,44-/m1/s1. The Bertz CT molecular complexity index is 2260. The number of pyridine rings is 1. The number of amides is 3. The van der Waals surface area contributed by atoms with Gasteiger partial charge in [-0.3, -0.25) is 29.6 Å². The van der Waals surface area contributed by atoms with Gasteiger partial charge in [-0.25, -0.2) is 4.39 Å². The fraction of sp³-hybridized carbons (Fsp3) is 0.542. The van der Waals surface area contributed by atoms with E-state index >= 15 is 4.39 Å². The number of fused-ring (bicyclic) bond motifs is 4. The molecule has 316 valence electrons. The first-order chi connectivity index (χ1) is 29.0. The van der Waals surface area contributed by atoms with E-state index in [-0.39, 0.29) is 30.2 Å². The van der Waals surface area contributed by atoms with Crippen molar-refractivity contribution in [1.29, 1.82) is 0 Å². The molecule has 0 radical (unpaired) electrons. The van der Waals surface area contributed by atoms with Crippen molar-refractivity contribution in [2.45, 2.75) is 95.9 Å². The topological polar surface area (TPSA) is 108 Å². The van der Waals surface area contributed by atoms with Crippen molar-refractivity contribution in [3.05, 3.63) is 88.9 Å². The first-order valence-corrected chi connectivity index (χ1v) is 22.5. The van der Waals surface area contributed by atoms with E-state index in [2.05, 4.69) is 78.4 Å². The minimum atomic E-state index is -1.30. The Kier molecular flexibility index (Phi) is 10.2. The van der Waals surface area contributed by atoms with Gasteiger partial charge in [0.1, 0.15) is 11.7 Å². The number of nitrogens with one attached hydrogen (secondary N) is 2. The number of hydrogen-bond donors (Lipinski definition) is 2. The summed E-state index contributed by atoms with van der Waals surface area (Å²) in [7, 11) is 0. The molecule has 2 N–H and O–H groups in total. The minimum absolute atomic E-state index is 0.105. The highest BCUT2D eigenvalue weighted by Gasteiger charge is 2.41. The van der Waals surface area contributed by atoms with Gasteiger partial charge in [0.2, 0.25) is 11.8 Å². The van der Waals surface area contributed by atoms with Crippen LogP contribution >= 0.6 is 0 Å². The number of H-pyrrole nitrogens is 1. The number of hydrogen-bond acceptors (Lipinski definition) is 8. The monoisotopic (exact) mass is 814 g/mol. The fourth-order valence-corrected chi connectivity index (χ4v) is 11.5. The molecule has 4 fully saturated rings. The van der Waals surface area contributed by atoms with Gasteiger partial charge in [0.05, 0.1) is 23.6 Å². The van der Waals surface area contributed by atoms with Crippen molar-refractivity contribution in [2.75, 3.05) is 68.7 Å². The van der Waals surface area contributed by atoms with Crippen LogP contribution in [0.5, 0.6) is 0 Å². The summed E-state index contributed by atoms with van der Waals surface area (Å²) in [4.78, 5) is 57.8. The summed E-state index contributed by atoms with van der Waals surface area (Å²) in [6.07, 6.45) is 10.9. The van der Waals surface area contributed by atoms with Crippen LogP contribution in [0.2, 0.25) is 0 Å². The maximum Gasteiger partial charge on any atom is 0.255 e. The van der Waals surface area contributed by atoms with Crippen molar-refractivity contribution < 1.29 is 18.8 Å². The SMILES string of the molecule is CC(C)(F)CN1CCc2c([nH]c3ccccc23)[C@H]1c1ccc(N2CCC(CN3CCC4(CC3)CCN(c3ccc5c(c3)CN(C3CCC(=O)NC3=O)C5=O)CC4)CC2)cn1. The van der Waals surface area contributed by atoms with Crippen LogP contribution in [0.25, 0.3) is 10.9 Å². The van der Waals surface area contributed by atoms with Crippen LogP contribution in [0, 0.1) is 11.3 Å². The molecule has 6 aliphatic rings. The number of benzene rings is 2. The summed E-state index contributed by atoms with van der Waals surface area (Å²) in [6.45, 7) is 12.6. The Morgan fingerprint density at radius 2 is 1.57 bits per heavy atom. The molecule has 0 saturated carbocycles. The number of halogens is 1. The lowest BCUT2D eigenvalue weighted by atomic mass is 9.71. The lowest BCUT2D eigenvalue weighted by Crippen LogP contribution is -2.52. The molecule has 1 spiro atoms. The second-order valence-electron chi connectivity index (χ2n) is 19.3. The summed E-state index contributed by atoms with van der Waals surface area (Å²) in [5, 5.41) is 3.66. The van der Waals surface area contributed by atoms with Gasteiger partial charge >= 0.3 is 0 Å². The number of carbonyl (C=O) groups excluding carboxylic acids is 3. The molecule has 1 unspecified atom stereocenters. The van der Waals surface area contributed by atoms with E-state index in [1.807, 2.05) is 12.3 Å². The zero-order valence-corrected chi connectivity index (χ0v) is 35.2. The quantitative estimate of drug-likeness (QED) is 0.191. The second-order valence-corrected chi connectivity index (χ2v) is 19.3. The molecule has 2 aromatic heterocycles. The minimum Gasteiger partial charge on any atom is -0.371 e. The normalized spacial score (nSPS) is 24.3. The van der Waals surface area contributed by atoms with Gasteiger partial charge in [0, 0.05) is 86.6 Å². The maximum atomic E-state index is 15.1. The number of imide groups is 1. The fourth-order valence-electron chi connectivity index (χ4n) is 11.5. The summed E-state index contributed by atoms with van der Waals surface area (Å²) in [5.74, 6) is -0.0325. The predicted molar refractivity (Wildman–Crippen MR) is 232 cm³/mol. The molecule has 4 saturated heterocycles. The van der Waals surface area contributed by atoms with Gasteiger partial charge < -0.3 is 24.6 Å². The molecule has 0 bridgehead atoms. The highest BCUT2D eigenvalue weighted by Crippen LogP contribution is 2.44. The molecule has 8 heterocycles. The number of anilines is 2. The molecular weight excluding hydrogens is 756 g/mol. The lowest BCUT2D eigenvalue weighted by Gasteiger charge is -2.48. The molecule has 10 rings (SSSR count). The van der Waals surface area contributed by atoms with Crippen LogP contribution in [0.4, 0.5) is 15.8 Å². The van der Waals surface area contributed by atoms with Crippen LogP contribution in [0.15, 0.2) is 60.8 Å². The smallest absolute Gasteiger partial charge is 0.255 e. The largest absolute Gasteiger partial charge is 0.371 e. The summed E-state index contributed by atoms with van der Waals surface area (Å²) >= 11 is 0. The van der Waals surface area contributed by atoms with Gasteiger partial charge in [0.25, 0.3) is 5.91 Å². The first kappa shape index (κ1) is 39.3. The third kappa shape index (κ3) is 7.59. The van der Waals surface area contributed by atoms with Crippen LogP contribution < -0.4 is 15.1 Å². The summed E-state index contributed by atoms with van der Waals surface area (Å²) in [5.41, 5.74) is 7.69. The number of rotatable bonds is 8. The average Bonchev–Trinajstić information content (AvgIpc) is 3.78. The van der Waals surface area contributed by atoms with E-state index in [4.69, 9.17) is 4.98 Å². The van der Waals surface area contributed by atoms with Gasteiger partial charge in [-0.15, -0.1) is 0 Å². The number of aromatic amines is 1. The lowest BCUT2D eigenvalue weighted by molar-refractivity contribution is -0.136. The Morgan fingerprint density at radius 3 is 2.30 bits per heavy atom. The van der Waals surface area contributed by atoms with Crippen molar-refractivity contribution in [3.8, 4) is 0 Å². The van der Waals surface area contributed by atoms with Crippen LogP contribution in [0.3, 0.4) is 0 Å². The van der Waals surface area contributed by atoms with E-state index in [1.165, 1.54) is 74.8 Å². The molecule has 3 amide bonds. The Hall–Kier alpha value is -4.81. The first-order valence-electron chi connectivity index (χ1n) is 22.5. The zero-order chi connectivity index (χ0) is 41.2. The average molecular weight is 815 g/mol.